The SMILES string of the molecule is CCSCCC(C#N)NCC(C)C. The van der Waals surface area contributed by atoms with Crippen LogP contribution in [0.2, 0.25) is 0 Å². The van der Waals surface area contributed by atoms with Crippen LogP contribution in [0.5, 0.6) is 0 Å². The number of nitrogens with one attached hydrogen (secondary N) is 1. The Labute approximate surface area is 86.1 Å². The van der Waals surface area contributed by atoms with Crippen LogP contribution in [-0.4, -0.2) is 24.1 Å². The van der Waals surface area contributed by atoms with Crippen LogP contribution in [0.3, 0.4) is 0 Å². The lowest BCUT2D eigenvalue weighted by atomic mass is 10.2. The summed E-state index contributed by atoms with van der Waals surface area (Å²) in [5.41, 5.74) is 0. The van der Waals surface area contributed by atoms with Crippen LogP contribution < -0.4 is 5.32 Å². The summed E-state index contributed by atoms with van der Waals surface area (Å²) in [6.45, 7) is 7.40. The number of nitrogens with zero attached hydrogens (tertiary/aromatic N) is 1. The van der Waals surface area contributed by atoms with Gasteiger partial charge in [0.2, 0.25) is 0 Å². The molecule has 1 atom stereocenters. The molecule has 0 aliphatic heterocycles. The van der Waals surface area contributed by atoms with Gasteiger partial charge < -0.3 is 5.32 Å². The van der Waals surface area contributed by atoms with Crippen molar-refractivity contribution in [2.24, 2.45) is 5.92 Å². The van der Waals surface area contributed by atoms with Gasteiger partial charge in [-0.2, -0.15) is 17.0 Å². The van der Waals surface area contributed by atoms with Crippen molar-refractivity contribution in [2.45, 2.75) is 33.2 Å². The number of thioether (sulfide) groups is 1. The highest BCUT2D eigenvalue weighted by molar-refractivity contribution is 7.99. The van der Waals surface area contributed by atoms with Crippen molar-refractivity contribution in [3.63, 3.8) is 0 Å². The molecule has 13 heavy (non-hydrogen) atoms. The molecule has 0 saturated carbocycles. The molecule has 0 aromatic rings. The van der Waals surface area contributed by atoms with Crippen LogP contribution in [0.1, 0.15) is 27.2 Å². The Morgan fingerprint density at radius 1 is 1.46 bits per heavy atom. The minimum atomic E-state index is 0.0430. The van der Waals surface area contributed by atoms with Crippen LogP contribution in [0.15, 0.2) is 0 Å². The minimum Gasteiger partial charge on any atom is -0.302 e. The summed E-state index contributed by atoms with van der Waals surface area (Å²) in [6.07, 6.45) is 0.960. The van der Waals surface area contributed by atoms with Crippen LogP contribution in [0.25, 0.3) is 0 Å². The van der Waals surface area contributed by atoms with Gasteiger partial charge in [0.05, 0.1) is 12.1 Å². The smallest absolute Gasteiger partial charge is 0.0960 e. The lowest BCUT2D eigenvalue weighted by Crippen LogP contribution is -2.31. The van der Waals surface area contributed by atoms with Gasteiger partial charge >= 0.3 is 0 Å². The van der Waals surface area contributed by atoms with Crippen molar-refractivity contribution >= 4 is 11.8 Å². The summed E-state index contributed by atoms with van der Waals surface area (Å²) in [5.74, 6) is 2.84. The Bertz CT molecular complexity index is 151. The molecule has 0 rings (SSSR count). The Morgan fingerprint density at radius 2 is 2.15 bits per heavy atom. The van der Waals surface area contributed by atoms with Gasteiger partial charge in [-0.05, 0) is 30.4 Å². The quantitative estimate of drug-likeness (QED) is 0.640. The second kappa shape index (κ2) is 8.40. The molecule has 0 aromatic carbocycles. The van der Waals surface area contributed by atoms with Crippen LogP contribution in [0, 0.1) is 17.2 Å². The zero-order chi connectivity index (χ0) is 10.1. The summed E-state index contributed by atoms with van der Waals surface area (Å²) in [7, 11) is 0. The van der Waals surface area contributed by atoms with E-state index in [1.54, 1.807) is 0 Å². The zero-order valence-corrected chi connectivity index (χ0v) is 9.66. The largest absolute Gasteiger partial charge is 0.302 e. The molecule has 0 saturated heterocycles. The Kier molecular flexibility index (Phi) is 8.27. The van der Waals surface area contributed by atoms with Crippen molar-refractivity contribution in [2.75, 3.05) is 18.1 Å². The second-order valence-corrected chi connectivity index (χ2v) is 4.86. The maximum absolute atomic E-state index is 8.82. The monoisotopic (exact) mass is 200 g/mol. The van der Waals surface area contributed by atoms with Crippen molar-refractivity contribution in [3.8, 4) is 6.07 Å². The molecule has 0 bridgehead atoms. The highest BCUT2D eigenvalue weighted by atomic mass is 32.2. The molecule has 76 valence electrons. The molecule has 0 aliphatic carbocycles. The van der Waals surface area contributed by atoms with Gasteiger partial charge in [-0.25, -0.2) is 0 Å². The van der Waals surface area contributed by atoms with Gasteiger partial charge in [0.25, 0.3) is 0 Å². The van der Waals surface area contributed by atoms with Gasteiger partial charge in [0, 0.05) is 0 Å². The summed E-state index contributed by atoms with van der Waals surface area (Å²) in [4.78, 5) is 0. The zero-order valence-electron chi connectivity index (χ0n) is 8.84. The third-order valence-electron chi connectivity index (χ3n) is 1.68. The molecule has 2 nitrogen and oxygen atoms in total. The van der Waals surface area contributed by atoms with E-state index in [0.29, 0.717) is 5.92 Å². The normalized spacial score (nSPS) is 12.8. The predicted octanol–water partition coefficient (Wildman–Crippen LogP) is 2.27. The standard InChI is InChI=1S/C10H20N2S/c1-4-13-6-5-10(7-11)12-8-9(2)3/h9-10,12H,4-6,8H2,1-3H3. The van der Waals surface area contributed by atoms with E-state index in [9.17, 15) is 0 Å². The summed E-state index contributed by atoms with van der Waals surface area (Å²) in [5, 5.41) is 12.1. The molecule has 0 aliphatic rings. The fraction of sp³-hybridized carbons (Fsp3) is 0.900. The molecule has 1 unspecified atom stereocenters. The first-order chi connectivity index (χ1) is 6.20. The third kappa shape index (κ3) is 8.14. The van der Waals surface area contributed by atoms with Crippen LogP contribution in [0.4, 0.5) is 0 Å². The lowest BCUT2D eigenvalue weighted by molar-refractivity contribution is 0.509. The van der Waals surface area contributed by atoms with E-state index in [1.165, 1.54) is 0 Å². The van der Waals surface area contributed by atoms with E-state index in [2.05, 4.69) is 32.2 Å². The van der Waals surface area contributed by atoms with E-state index in [4.69, 9.17) is 5.26 Å². The number of nitriles is 1. The van der Waals surface area contributed by atoms with E-state index in [0.717, 1.165) is 24.5 Å². The maximum atomic E-state index is 8.82. The molecule has 0 spiro atoms. The van der Waals surface area contributed by atoms with E-state index >= 15 is 0 Å². The fourth-order valence-corrected chi connectivity index (χ4v) is 1.63. The molecule has 0 heterocycles. The molecule has 0 amide bonds. The lowest BCUT2D eigenvalue weighted by Gasteiger charge is -2.12. The van der Waals surface area contributed by atoms with Gasteiger partial charge in [0.15, 0.2) is 0 Å². The summed E-state index contributed by atoms with van der Waals surface area (Å²) < 4.78 is 0. The van der Waals surface area contributed by atoms with E-state index in [-0.39, 0.29) is 6.04 Å². The minimum absolute atomic E-state index is 0.0430. The average molecular weight is 200 g/mol. The van der Waals surface area contributed by atoms with Gasteiger partial charge in [-0.1, -0.05) is 20.8 Å². The first-order valence-corrected chi connectivity index (χ1v) is 6.06. The average Bonchev–Trinajstić information content (AvgIpc) is 2.10. The van der Waals surface area contributed by atoms with Crippen LogP contribution in [-0.2, 0) is 0 Å². The molecule has 1 N–H and O–H groups in total. The van der Waals surface area contributed by atoms with Crippen LogP contribution >= 0.6 is 11.8 Å². The van der Waals surface area contributed by atoms with Gasteiger partial charge in [-0.3, -0.25) is 0 Å². The predicted molar refractivity (Wildman–Crippen MR) is 59.9 cm³/mol. The molecule has 0 fully saturated rings. The van der Waals surface area contributed by atoms with Gasteiger partial charge in [0.1, 0.15) is 0 Å². The van der Waals surface area contributed by atoms with Crippen molar-refractivity contribution in [1.29, 1.82) is 5.26 Å². The highest BCUT2D eigenvalue weighted by Crippen LogP contribution is 2.04. The fourth-order valence-electron chi connectivity index (χ4n) is 0.936. The Hall–Kier alpha value is -0.200. The first-order valence-electron chi connectivity index (χ1n) is 4.91. The summed E-state index contributed by atoms with van der Waals surface area (Å²) in [6, 6.07) is 2.33. The third-order valence-corrected chi connectivity index (χ3v) is 2.62. The van der Waals surface area contributed by atoms with Crippen molar-refractivity contribution in [3.05, 3.63) is 0 Å². The molecule has 3 heteroatoms. The van der Waals surface area contributed by atoms with E-state index < -0.39 is 0 Å². The second-order valence-electron chi connectivity index (χ2n) is 3.47. The molecule has 0 aromatic heterocycles. The van der Waals surface area contributed by atoms with Crippen molar-refractivity contribution < 1.29 is 0 Å². The maximum Gasteiger partial charge on any atom is 0.0960 e. The highest BCUT2D eigenvalue weighted by Gasteiger charge is 2.06. The number of rotatable bonds is 7. The number of hydrogen-bond donors (Lipinski definition) is 1. The number of hydrogen-bond acceptors (Lipinski definition) is 3. The topological polar surface area (TPSA) is 35.8 Å². The Morgan fingerprint density at radius 3 is 2.62 bits per heavy atom. The van der Waals surface area contributed by atoms with Crippen molar-refractivity contribution in [1.82, 2.24) is 5.32 Å². The molecular weight excluding hydrogens is 180 g/mol. The molecular formula is C10H20N2S. The van der Waals surface area contributed by atoms with E-state index in [1.807, 2.05) is 11.8 Å². The molecule has 0 radical (unpaired) electrons. The Balaban J connectivity index is 3.47. The summed E-state index contributed by atoms with van der Waals surface area (Å²) >= 11 is 1.89. The van der Waals surface area contributed by atoms with Gasteiger partial charge in [-0.15, -0.1) is 0 Å². The first kappa shape index (κ1) is 12.8.